The van der Waals surface area contributed by atoms with Gasteiger partial charge in [0, 0.05) is 13.0 Å². The lowest BCUT2D eigenvalue weighted by atomic mass is 10.0. The molecule has 0 spiro atoms. The molecular weight excluding hydrogens is 342 g/mol. The zero-order valence-electron chi connectivity index (χ0n) is 16.6. The summed E-state index contributed by atoms with van der Waals surface area (Å²) < 4.78 is 5.44. The number of hydrogen-bond acceptors (Lipinski definition) is 4. The molecule has 1 aliphatic heterocycles. The van der Waals surface area contributed by atoms with E-state index in [1.807, 2.05) is 31.2 Å². The van der Waals surface area contributed by atoms with Crippen LogP contribution in [0.4, 0.5) is 4.79 Å². The summed E-state index contributed by atoms with van der Waals surface area (Å²) >= 11 is 0. The van der Waals surface area contributed by atoms with E-state index in [0.29, 0.717) is 19.4 Å². The largest absolute Gasteiger partial charge is 0.444 e. The normalized spacial score (nSPS) is 18.3. The van der Waals surface area contributed by atoms with Crippen molar-refractivity contribution in [2.45, 2.75) is 71.1 Å². The van der Waals surface area contributed by atoms with Gasteiger partial charge in [-0.3, -0.25) is 9.69 Å². The second-order valence-electron chi connectivity index (χ2n) is 8.07. The van der Waals surface area contributed by atoms with Crippen molar-refractivity contribution >= 4 is 12.0 Å². The lowest BCUT2D eigenvalue weighted by Crippen LogP contribution is -2.54. The maximum absolute atomic E-state index is 12.8. The molecule has 1 N–H and O–H groups in total. The van der Waals surface area contributed by atoms with Gasteiger partial charge >= 0.3 is 6.09 Å². The van der Waals surface area contributed by atoms with Crippen LogP contribution >= 0.6 is 0 Å². The van der Waals surface area contributed by atoms with Crippen LogP contribution in [0.1, 0.15) is 51.2 Å². The first-order valence-corrected chi connectivity index (χ1v) is 9.45. The predicted molar refractivity (Wildman–Crippen MR) is 103 cm³/mol. The quantitative estimate of drug-likeness (QED) is 0.880. The molecule has 1 fully saturated rings. The standard InChI is InChI=1S/C21H29N3O3/c1-15-8-10-16(11-9-15)13-17(14-22)23-19(25)18-7-5-6-12-24(18)20(26)27-21(2,3)4/h8-11,17-18H,5-7,12-13H2,1-4H3,(H,23,25)/t17-,18?/m0/s1. The number of nitriles is 1. The smallest absolute Gasteiger partial charge is 0.410 e. The highest BCUT2D eigenvalue weighted by molar-refractivity contribution is 5.86. The average Bonchev–Trinajstić information content (AvgIpc) is 2.61. The highest BCUT2D eigenvalue weighted by Crippen LogP contribution is 2.21. The summed E-state index contributed by atoms with van der Waals surface area (Å²) in [7, 11) is 0. The zero-order chi connectivity index (χ0) is 20.0. The first kappa shape index (κ1) is 20.8. The van der Waals surface area contributed by atoms with Crippen molar-refractivity contribution in [3.8, 4) is 6.07 Å². The Kier molecular flexibility index (Phi) is 6.84. The summed E-state index contributed by atoms with van der Waals surface area (Å²) in [5.41, 5.74) is 1.52. The maximum atomic E-state index is 12.8. The molecule has 1 aliphatic rings. The van der Waals surface area contributed by atoms with E-state index in [9.17, 15) is 14.9 Å². The van der Waals surface area contributed by atoms with E-state index in [-0.39, 0.29) is 5.91 Å². The summed E-state index contributed by atoms with van der Waals surface area (Å²) in [6, 6.07) is 8.80. The lowest BCUT2D eigenvalue weighted by molar-refractivity contribution is -0.128. The third kappa shape index (κ3) is 6.28. The predicted octanol–water partition coefficient (Wildman–Crippen LogP) is 3.34. The Hall–Kier alpha value is -2.55. The molecule has 2 atom stereocenters. The molecule has 1 saturated heterocycles. The molecule has 1 heterocycles. The second kappa shape index (κ2) is 8.90. The number of nitrogens with zero attached hydrogens (tertiary/aromatic N) is 2. The Balaban J connectivity index is 2.03. The van der Waals surface area contributed by atoms with Crippen LogP contribution in [0.5, 0.6) is 0 Å². The van der Waals surface area contributed by atoms with Gasteiger partial charge in [-0.05, 0) is 52.5 Å². The van der Waals surface area contributed by atoms with E-state index < -0.39 is 23.8 Å². The summed E-state index contributed by atoms with van der Waals surface area (Å²) in [5, 5.41) is 12.2. The molecule has 0 aromatic heterocycles. The van der Waals surface area contributed by atoms with E-state index in [0.717, 1.165) is 24.0 Å². The molecule has 0 bridgehead atoms. The molecule has 0 aliphatic carbocycles. The van der Waals surface area contributed by atoms with Gasteiger partial charge in [-0.25, -0.2) is 4.79 Å². The van der Waals surface area contributed by atoms with Crippen LogP contribution in [-0.4, -0.2) is 41.1 Å². The third-order valence-corrected chi connectivity index (χ3v) is 4.47. The Morgan fingerprint density at radius 1 is 1.30 bits per heavy atom. The number of carbonyl (C=O) groups excluding carboxylic acids is 2. The number of piperidine rings is 1. The number of ether oxygens (including phenoxy) is 1. The van der Waals surface area contributed by atoms with E-state index in [2.05, 4.69) is 11.4 Å². The fourth-order valence-electron chi connectivity index (χ4n) is 3.10. The Labute approximate surface area is 161 Å². The van der Waals surface area contributed by atoms with Crippen molar-refractivity contribution < 1.29 is 14.3 Å². The summed E-state index contributed by atoms with van der Waals surface area (Å²) in [6.07, 6.45) is 2.24. The average molecular weight is 371 g/mol. The van der Waals surface area contributed by atoms with Crippen molar-refractivity contribution in [3.05, 3.63) is 35.4 Å². The number of hydrogen-bond donors (Lipinski definition) is 1. The van der Waals surface area contributed by atoms with E-state index >= 15 is 0 Å². The minimum atomic E-state index is -0.636. The van der Waals surface area contributed by atoms with Gasteiger partial charge < -0.3 is 10.1 Å². The highest BCUT2D eigenvalue weighted by atomic mass is 16.6. The summed E-state index contributed by atoms with van der Waals surface area (Å²) in [4.78, 5) is 26.7. The minimum Gasteiger partial charge on any atom is -0.444 e. The van der Waals surface area contributed by atoms with E-state index in [1.165, 1.54) is 4.90 Å². The lowest BCUT2D eigenvalue weighted by Gasteiger charge is -2.36. The van der Waals surface area contributed by atoms with Crippen LogP contribution in [0.25, 0.3) is 0 Å². The number of carbonyl (C=O) groups is 2. The molecule has 1 aromatic rings. The van der Waals surface area contributed by atoms with Crippen molar-refractivity contribution in [3.63, 3.8) is 0 Å². The zero-order valence-corrected chi connectivity index (χ0v) is 16.6. The van der Waals surface area contributed by atoms with Crippen molar-refractivity contribution in [1.82, 2.24) is 10.2 Å². The fourth-order valence-corrected chi connectivity index (χ4v) is 3.10. The molecule has 6 heteroatoms. The van der Waals surface area contributed by atoms with Crippen LogP contribution in [0.2, 0.25) is 0 Å². The molecule has 6 nitrogen and oxygen atoms in total. The van der Waals surface area contributed by atoms with Crippen LogP contribution in [-0.2, 0) is 16.0 Å². The Morgan fingerprint density at radius 3 is 2.56 bits per heavy atom. The molecule has 2 rings (SSSR count). The van der Waals surface area contributed by atoms with Crippen molar-refractivity contribution in [2.75, 3.05) is 6.54 Å². The van der Waals surface area contributed by atoms with Gasteiger partial charge in [0.1, 0.15) is 17.7 Å². The molecule has 2 amide bonds. The topological polar surface area (TPSA) is 82.4 Å². The van der Waals surface area contributed by atoms with Gasteiger partial charge in [-0.1, -0.05) is 29.8 Å². The minimum absolute atomic E-state index is 0.292. The fraction of sp³-hybridized carbons (Fsp3) is 0.571. The van der Waals surface area contributed by atoms with Gasteiger partial charge in [-0.15, -0.1) is 0 Å². The summed E-state index contributed by atoms with van der Waals surface area (Å²) in [6.45, 7) is 7.90. The maximum Gasteiger partial charge on any atom is 0.410 e. The Morgan fingerprint density at radius 2 is 1.96 bits per heavy atom. The van der Waals surface area contributed by atoms with Gasteiger partial charge in [-0.2, -0.15) is 5.26 Å². The van der Waals surface area contributed by atoms with Gasteiger partial charge in [0.05, 0.1) is 6.07 Å². The van der Waals surface area contributed by atoms with Crippen molar-refractivity contribution in [1.29, 1.82) is 5.26 Å². The van der Waals surface area contributed by atoms with Crippen LogP contribution in [0.3, 0.4) is 0 Å². The molecule has 0 saturated carbocycles. The second-order valence-corrected chi connectivity index (χ2v) is 8.07. The number of amides is 2. The number of likely N-dealkylation sites (tertiary alicyclic amines) is 1. The number of rotatable bonds is 4. The molecule has 0 radical (unpaired) electrons. The number of nitrogens with one attached hydrogen (secondary N) is 1. The van der Waals surface area contributed by atoms with Gasteiger partial charge in [0.15, 0.2) is 0 Å². The van der Waals surface area contributed by atoms with E-state index in [4.69, 9.17) is 4.74 Å². The highest BCUT2D eigenvalue weighted by Gasteiger charge is 2.35. The monoisotopic (exact) mass is 371 g/mol. The molecule has 1 unspecified atom stereocenters. The Bertz CT molecular complexity index is 701. The number of benzene rings is 1. The van der Waals surface area contributed by atoms with Crippen LogP contribution in [0.15, 0.2) is 24.3 Å². The molecule has 27 heavy (non-hydrogen) atoms. The molecule has 1 aromatic carbocycles. The van der Waals surface area contributed by atoms with Crippen molar-refractivity contribution in [2.24, 2.45) is 0 Å². The third-order valence-electron chi connectivity index (χ3n) is 4.47. The first-order valence-electron chi connectivity index (χ1n) is 9.45. The van der Waals surface area contributed by atoms with Gasteiger partial charge in [0.2, 0.25) is 5.91 Å². The van der Waals surface area contributed by atoms with Crippen LogP contribution < -0.4 is 5.32 Å². The van der Waals surface area contributed by atoms with E-state index in [1.54, 1.807) is 20.8 Å². The van der Waals surface area contributed by atoms with Gasteiger partial charge in [0.25, 0.3) is 0 Å². The first-order chi connectivity index (χ1) is 12.7. The molecular formula is C21H29N3O3. The SMILES string of the molecule is Cc1ccc(C[C@@H](C#N)NC(=O)C2CCCCN2C(=O)OC(C)(C)C)cc1. The molecule has 146 valence electrons. The number of aryl methyl sites for hydroxylation is 1. The summed E-state index contributed by atoms with van der Waals surface area (Å²) in [5.74, 6) is -0.292. The van der Waals surface area contributed by atoms with Crippen LogP contribution in [0, 0.1) is 18.3 Å².